The van der Waals surface area contributed by atoms with Gasteiger partial charge in [0.2, 0.25) is 0 Å². The number of alkyl halides is 3. The lowest BCUT2D eigenvalue weighted by Gasteiger charge is -2.33. The number of rotatable bonds is 4. The van der Waals surface area contributed by atoms with Gasteiger partial charge in [-0.3, -0.25) is 9.69 Å². The Balaban J connectivity index is 1.77. The normalized spacial score (nSPS) is 18.5. The van der Waals surface area contributed by atoms with E-state index in [1.807, 2.05) is 4.90 Å². The van der Waals surface area contributed by atoms with Crippen molar-refractivity contribution in [1.29, 1.82) is 0 Å². The number of piperidine rings is 1. The second-order valence-electron chi connectivity index (χ2n) is 7.23. The first kappa shape index (κ1) is 19.5. The summed E-state index contributed by atoms with van der Waals surface area (Å²) in [6.07, 6.45) is -0.806. The quantitative estimate of drug-likeness (QED) is 0.868. The van der Waals surface area contributed by atoms with E-state index in [9.17, 15) is 18.0 Å². The van der Waals surface area contributed by atoms with Gasteiger partial charge in [-0.25, -0.2) is 0 Å². The summed E-state index contributed by atoms with van der Waals surface area (Å²) in [6, 6.07) is 7.52. The molecule has 3 rings (SSSR count). The van der Waals surface area contributed by atoms with Crippen LogP contribution in [0.2, 0.25) is 0 Å². The van der Waals surface area contributed by atoms with Crippen LogP contribution in [0.1, 0.15) is 45.9 Å². The second kappa shape index (κ2) is 7.76. The summed E-state index contributed by atoms with van der Waals surface area (Å²) in [5.74, 6) is 0.0384. The maximum atomic E-state index is 13.3. The Morgan fingerprint density at radius 2 is 2.00 bits per heavy atom. The summed E-state index contributed by atoms with van der Waals surface area (Å²) in [7, 11) is 3.42. The average molecular weight is 379 g/mol. The number of halogens is 3. The Labute approximate surface area is 157 Å². The van der Waals surface area contributed by atoms with Crippen LogP contribution in [0.15, 0.2) is 36.5 Å². The Morgan fingerprint density at radius 3 is 2.70 bits per heavy atom. The number of amides is 1. The van der Waals surface area contributed by atoms with Crippen molar-refractivity contribution in [3.63, 3.8) is 0 Å². The van der Waals surface area contributed by atoms with Crippen molar-refractivity contribution in [2.24, 2.45) is 0 Å². The highest BCUT2D eigenvalue weighted by Gasteiger charge is 2.34. The van der Waals surface area contributed by atoms with Gasteiger partial charge >= 0.3 is 6.18 Å². The Hall–Kier alpha value is -2.28. The van der Waals surface area contributed by atoms with E-state index >= 15 is 0 Å². The van der Waals surface area contributed by atoms with Crippen LogP contribution in [0.25, 0.3) is 0 Å². The smallest absolute Gasteiger partial charge is 0.364 e. The second-order valence-corrected chi connectivity index (χ2v) is 7.23. The molecule has 2 heterocycles. The SMILES string of the molecule is CN(C)C(=O)c1cc[nH]c1C1CCCN(Cc2ccccc2C(F)(F)F)C1. The molecule has 1 atom stereocenters. The third-order valence-corrected chi connectivity index (χ3v) is 5.05. The highest BCUT2D eigenvalue weighted by molar-refractivity contribution is 5.95. The van der Waals surface area contributed by atoms with E-state index in [0.717, 1.165) is 31.1 Å². The first-order chi connectivity index (χ1) is 12.8. The largest absolute Gasteiger partial charge is 0.416 e. The first-order valence-electron chi connectivity index (χ1n) is 9.03. The van der Waals surface area contributed by atoms with Crippen LogP contribution in [0.5, 0.6) is 0 Å². The summed E-state index contributed by atoms with van der Waals surface area (Å²) in [5, 5.41) is 0. The molecule has 0 aliphatic carbocycles. The third-order valence-electron chi connectivity index (χ3n) is 5.05. The number of aromatic nitrogens is 1. The molecule has 4 nitrogen and oxygen atoms in total. The highest BCUT2D eigenvalue weighted by Crippen LogP contribution is 2.34. The summed E-state index contributed by atoms with van der Waals surface area (Å²) in [6.45, 7) is 1.63. The van der Waals surface area contributed by atoms with Gasteiger partial charge in [-0.15, -0.1) is 0 Å². The Kier molecular flexibility index (Phi) is 5.60. The van der Waals surface area contributed by atoms with Crippen molar-refractivity contribution < 1.29 is 18.0 Å². The van der Waals surface area contributed by atoms with Gasteiger partial charge in [0.15, 0.2) is 0 Å². The maximum absolute atomic E-state index is 13.3. The fourth-order valence-electron chi connectivity index (χ4n) is 3.76. The van der Waals surface area contributed by atoms with E-state index in [1.54, 1.807) is 38.5 Å². The molecule has 1 saturated heterocycles. The molecule has 1 aliphatic rings. The molecule has 1 amide bonds. The van der Waals surface area contributed by atoms with Gasteiger partial charge in [0.25, 0.3) is 5.91 Å². The van der Waals surface area contributed by atoms with E-state index in [0.29, 0.717) is 17.7 Å². The monoisotopic (exact) mass is 379 g/mol. The molecule has 1 N–H and O–H groups in total. The molecule has 1 aromatic heterocycles. The summed E-state index contributed by atoms with van der Waals surface area (Å²) in [4.78, 5) is 19.1. The lowest BCUT2D eigenvalue weighted by molar-refractivity contribution is -0.138. The number of H-pyrrole nitrogens is 1. The van der Waals surface area contributed by atoms with Crippen molar-refractivity contribution in [3.05, 3.63) is 58.9 Å². The molecule has 146 valence electrons. The van der Waals surface area contributed by atoms with Gasteiger partial charge in [0.05, 0.1) is 11.1 Å². The zero-order valence-electron chi connectivity index (χ0n) is 15.5. The standard InChI is InChI=1S/C20H24F3N3O/c1-25(2)19(27)16-9-10-24-18(16)15-7-5-11-26(13-15)12-14-6-3-4-8-17(14)20(21,22)23/h3-4,6,8-10,15,24H,5,7,11-13H2,1-2H3. The van der Waals surface area contributed by atoms with Crippen LogP contribution in [-0.4, -0.2) is 47.9 Å². The number of hydrogen-bond donors (Lipinski definition) is 1. The number of hydrogen-bond acceptors (Lipinski definition) is 2. The summed E-state index contributed by atoms with van der Waals surface area (Å²) in [5.41, 5.74) is 1.24. The molecule has 7 heteroatoms. The van der Waals surface area contributed by atoms with Crippen molar-refractivity contribution in [2.45, 2.75) is 31.5 Å². The number of nitrogens with one attached hydrogen (secondary N) is 1. The number of aromatic amines is 1. The van der Waals surface area contributed by atoms with Gasteiger partial charge in [0, 0.05) is 45.0 Å². The average Bonchev–Trinajstić information content (AvgIpc) is 3.10. The molecular formula is C20H24F3N3O. The van der Waals surface area contributed by atoms with E-state index in [2.05, 4.69) is 4.98 Å². The highest BCUT2D eigenvalue weighted by atomic mass is 19.4. The Bertz CT molecular complexity index is 798. The zero-order chi connectivity index (χ0) is 19.6. The molecule has 0 bridgehead atoms. The van der Waals surface area contributed by atoms with Crippen molar-refractivity contribution in [1.82, 2.24) is 14.8 Å². The number of nitrogens with zero attached hydrogens (tertiary/aromatic N) is 2. The van der Waals surface area contributed by atoms with Crippen LogP contribution in [0.4, 0.5) is 13.2 Å². The van der Waals surface area contributed by atoms with Gasteiger partial charge in [-0.1, -0.05) is 18.2 Å². The number of carbonyl (C=O) groups excluding carboxylic acids is 1. The van der Waals surface area contributed by atoms with E-state index < -0.39 is 11.7 Å². The molecule has 2 aromatic rings. The van der Waals surface area contributed by atoms with E-state index in [4.69, 9.17) is 0 Å². The van der Waals surface area contributed by atoms with Crippen LogP contribution in [0, 0.1) is 0 Å². The minimum atomic E-state index is -4.35. The van der Waals surface area contributed by atoms with Crippen LogP contribution < -0.4 is 0 Å². The van der Waals surface area contributed by atoms with E-state index in [-0.39, 0.29) is 18.4 Å². The predicted molar refractivity (Wildman–Crippen MR) is 97.5 cm³/mol. The van der Waals surface area contributed by atoms with Gasteiger partial charge in [-0.2, -0.15) is 13.2 Å². The fraction of sp³-hybridized carbons (Fsp3) is 0.450. The molecule has 0 radical (unpaired) electrons. The predicted octanol–water partition coefficient (Wildman–Crippen LogP) is 4.11. The number of carbonyl (C=O) groups is 1. The van der Waals surface area contributed by atoms with Crippen LogP contribution >= 0.6 is 0 Å². The van der Waals surface area contributed by atoms with Crippen molar-refractivity contribution in [3.8, 4) is 0 Å². The van der Waals surface area contributed by atoms with E-state index in [1.165, 1.54) is 11.0 Å². The van der Waals surface area contributed by atoms with Gasteiger partial charge < -0.3 is 9.88 Å². The fourth-order valence-corrected chi connectivity index (χ4v) is 3.76. The first-order valence-corrected chi connectivity index (χ1v) is 9.03. The number of likely N-dealkylation sites (tertiary alicyclic amines) is 1. The molecule has 1 aromatic carbocycles. The molecule has 1 unspecified atom stereocenters. The number of benzene rings is 1. The minimum Gasteiger partial charge on any atom is -0.364 e. The third kappa shape index (κ3) is 4.35. The van der Waals surface area contributed by atoms with Crippen LogP contribution in [-0.2, 0) is 12.7 Å². The lowest BCUT2D eigenvalue weighted by atomic mass is 9.91. The Morgan fingerprint density at radius 1 is 1.26 bits per heavy atom. The molecule has 0 saturated carbocycles. The topological polar surface area (TPSA) is 39.3 Å². The minimum absolute atomic E-state index is 0.0641. The van der Waals surface area contributed by atoms with Crippen LogP contribution in [0.3, 0.4) is 0 Å². The molecule has 1 fully saturated rings. The van der Waals surface area contributed by atoms with Crippen molar-refractivity contribution in [2.75, 3.05) is 27.2 Å². The molecule has 0 spiro atoms. The summed E-state index contributed by atoms with van der Waals surface area (Å²) < 4.78 is 39.8. The van der Waals surface area contributed by atoms with Gasteiger partial charge in [-0.05, 0) is 37.1 Å². The maximum Gasteiger partial charge on any atom is 0.416 e. The zero-order valence-corrected chi connectivity index (χ0v) is 15.5. The van der Waals surface area contributed by atoms with Gasteiger partial charge in [0.1, 0.15) is 0 Å². The summed E-state index contributed by atoms with van der Waals surface area (Å²) >= 11 is 0. The van der Waals surface area contributed by atoms with Crippen molar-refractivity contribution >= 4 is 5.91 Å². The molecule has 1 aliphatic heterocycles. The molecular weight excluding hydrogens is 355 g/mol. The molecule has 27 heavy (non-hydrogen) atoms. The lowest BCUT2D eigenvalue weighted by Crippen LogP contribution is -2.35.